The summed E-state index contributed by atoms with van der Waals surface area (Å²) in [7, 11) is 0. The maximum Gasteiger partial charge on any atom is 0.178 e. The van der Waals surface area contributed by atoms with Gasteiger partial charge in [-0.1, -0.05) is 341 Å². The molecule has 12 nitrogen and oxygen atoms in total. The third-order valence-electron chi connectivity index (χ3n) is 29.1. The molecule has 0 bridgehead atoms. The molecule has 1 aliphatic rings. The van der Waals surface area contributed by atoms with E-state index >= 15 is 0 Å². The number of nitriles is 1. The predicted molar refractivity (Wildman–Crippen MR) is 599 cm³/mol. The summed E-state index contributed by atoms with van der Waals surface area (Å²) in [6.07, 6.45) is 1.79. The first-order chi connectivity index (χ1) is 73.6. The normalized spacial score (nSPS) is 12.7. The number of pyridine rings is 1. The molecule has 0 saturated heterocycles. The Labute approximate surface area is 839 Å². The van der Waals surface area contributed by atoms with Gasteiger partial charge in [0.25, 0.3) is 0 Å². The fourth-order valence-corrected chi connectivity index (χ4v) is 22.3. The molecule has 0 spiro atoms. The van der Waals surface area contributed by atoms with Gasteiger partial charge in [0.2, 0.25) is 0 Å². The van der Waals surface area contributed by atoms with Crippen LogP contribution in [-0.2, 0) is 5.41 Å². The largest absolute Gasteiger partial charge is 0.309 e. The van der Waals surface area contributed by atoms with E-state index in [0.717, 1.165) is 161 Å². The van der Waals surface area contributed by atoms with E-state index in [2.05, 4.69) is 395 Å². The van der Waals surface area contributed by atoms with E-state index in [9.17, 15) is 5.26 Å². The van der Waals surface area contributed by atoms with Gasteiger partial charge in [-0.25, -0.2) is 34.9 Å². The quantitative estimate of drug-likeness (QED) is 0.132. The van der Waals surface area contributed by atoms with E-state index in [-0.39, 0.29) is 35.1 Å². The van der Waals surface area contributed by atoms with Crippen molar-refractivity contribution >= 4 is 164 Å². The maximum atomic E-state index is 9.53. The maximum absolute atomic E-state index is 9.53. The molecule has 145 heavy (non-hydrogen) atoms. The highest BCUT2D eigenvalue weighted by molar-refractivity contribution is 6.18. The van der Waals surface area contributed by atoms with E-state index in [1.807, 2.05) is 72.8 Å². The van der Waals surface area contributed by atoms with Crippen molar-refractivity contribution in [2.75, 3.05) is 0 Å². The van der Waals surface area contributed by atoms with Crippen LogP contribution in [0.4, 0.5) is 0 Å². The topological polar surface area (TPSA) is 134 Å². The minimum Gasteiger partial charge on any atom is -0.309 e. The number of nitrogens with zero attached hydrogens (tertiary/aromatic N) is 12. The van der Waals surface area contributed by atoms with Gasteiger partial charge in [-0.05, 0) is 238 Å². The van der Waals surface area contributed by atoms with Gasteiger partial charge in [0, 0.05) is 77.1 Å². The molecular formula is C133H84N12. The average molecular weight is 1860 g/mol. The molecule has 676 valence electrons. The molecule has 0 aliphatic heterocycles. The summed E-state index contributed by atoms with van der Waals surface area (Å²) < 4.78 is 51.3. The van der Waals surface area contributed by atoms with Crippen molar-refractivity contribution in [3.05, 3.63) is 490 Å². The average Bonchev–Trinajstić information content (AvgIpc) is 1.56. The van der Waals surface area contributed by atoms with Gasteiger partial charge in [0.05, 0.1) is 84.7 Å². The van der Waals surface area contributed by atoms with Gasteiger partial charge >= 0.3 is 0 Å². The summed E-state index contributed by atoms with van der Waals surface area (Å²) in [6, 6.07) is 153. The summed E-state index contributed by atoms with van der Waals surface area (Å²) in [4.78, 5) is 36.9. The molecule has 0 N–H and O–H groups in total. The molecule has 0 fully saturated rings. The van der Waals surface area contributed by atoms with E-state index in [1.165, 1.54) is 76.1 Å². The van der Waals surface area contributed by atoms with Crippen molar-refractivity contribution in [2.24, 2.45) is 0 Å². The molecule has 1 aliphatic carbocycles. The zero-order valence-electron chi connectivity index (χ0n) is 83.5. The number of hydrogen-bond acceptors (Lipinski definition) is 8. The molecule has 8 heterocycles. The Balaban J connectivity index is 0.000000109. The van der Waals surface area contributed by atoms with Crippen molar-refractivity contribution in [3.8, 4) is 107 Å². The van der Waals surface area contributed by atoms with E-state index < -0.39 is 6.04 Å². The van der Waals surface area contributed by atoms with Crippen molar-refractivity contribution in [1.29, 1.82) is 5.26 Å². The van der Waals surface area contributed by atoms with Crippen LogP contribution in [0.5, 0.6) is 0 Å². The van der Waals surface area contributed by atoms with Gasteiger partial charge in [0.1, 0.15) is 22.6 Å². The van der Waals surface area contributed by atoms with Crippen LogP contribution >= 0.6 is 0 Å². The van der Waals surface area contributed by atoms with Crippen LogP contribution in [0.3, 0.4) is 0 Å². The summed E-state index contributed by atoms with van der Waals surface area (Å²) in [5, 5.41) is 28.2. The Bertz CT molecular complexity index is 10800. The van der Waals surface area contributed by atoms with Gasteiger partial charge in [-0.15, -0.1) is 0 Å². The van der Waals surface area contributed by atoms with Crippen LogP contribution in [0.15, 0.2) is 473 Å². The molecule has 0 unspecified atom stereocenters. The van der Waals surface area contributed by atoms with Crippen LogP contribution in [-0.4, -0.2) is 53.2 Å². The number of para-hydroxylation sites is 5. The summed E-state index contributed by atoms with van der Waals surface area (Å²) in [5.74, 6) is 2.24. The Morgan fingerprint density at radius 3 is 1.24 bits per heavy atom. The molecule has 0 radical (unpaired) electrons. The number of aromatic nitrogens is 11. The smallest absolute Gasteiger partial charge is 0.178 e. The first-order valence-corrected chi connectivity index (χ1v) is 48.7. The lowest BCUT2D eigenvalue weighted by atomic mass is 9.82. The highest BCUT2D eigenvalue weighted by Crippen LogP contribution is 2.52. The zero-order chi connectivity index (χ0) is 100. The van der Waals surface area contributed by atoms with Gasteiger partial charge in [-0.3, -0.25) is 13.7 Å². The molecule has 0 amide bonds. The number of fused-ring (bicyclic) bond motifs is 22. The molecule has 30 rings (SSSR count). The second-order valence-electron chi connectivity index (χ2n) is 37.8. The SMILES string of the molecule is CC1(C)c2ccccc2-c2cc(-c3nc4ncccc4nc3-n3c4ccccc4c4cc5ccccc5cc43)ccc21.N#Cc1ccc(-c2cc3nc(-c4ccccc4)c(-n4c5ccccc5c5cc6ccccc6cc54)nc3cc2-c2ccc3ccccc3c2)cc1.[2H]c1c([2H])c([2H])c(-c2ccc3nc(-n4c5ccccc5c5cc6ccccc6cc54)c(-c4ccc5c6ccccc6n(-c6ccccc6)c5c4)nc3c2)c([2H])c1[2H]. The standard InChI is InChI=1S/C48H30N4.C47H28N4.C38H26N4/c1-3-13-31(14-4-1)34-24-26-41-42(28-34)49-47(35-23-25-39-37-19-9-11-21-43(37)51(45(39)30-35)36-17-5-2-6-18-36)48(50-41)52-44-22-12-10-20-38(44)40-27-32-15-7-8-16-33(32)29-46(40)52;48-29-30-18-20-32(21-19-30)39-27-42-43(28-40(39)37-23-22-31-10-4-5-13-34(31)24-37)50-47(46(49-42)33-11-2-1-3-12-33)51-44-17-9-8-16-38(44)41-25-35-14-6-7-15-36(35)26-45(41)51;1-38(2)30-14-7-5-12-26(30)28-21-25(17-18-31(28)38)35-37(40-32-15-9-19-39-36(32)41-35)42-33-16-8-6-13-27(33)29-20-23-10-3-4-11-24(23)22-34(29)42/h1-30H;1-28H;3-22H,1-2H3/i1D,3D,4D,13D,14D;;. The number of benzene rings is 21. The van der Waals surface area contributed by atoms with Crippen molar-refractivity contribution in [2.45, 2.75) is 19.3 Å². The highest BCUT2D eigenvalue weighted by Gasteiger charge is 2.36. The minimum absolute atomic E-state index is 0.0577. The second-order valence-corrected chi connectivity index (χ2v) is 37.8. The highest BCUT2D eigenvalue weighted by atomic mass is 15.1. The molecule has 8 aromatic heterocycles. The predicted octanol–water partition coefficient (Wildman–Crippen LogP) is 33.5. The lowest BCUT2D eigenvalue weighted by Gasteiger charge is -2.21. The monoisotopic (exact) mass is 1850 g/mol. The van der Waals surface area contributed by atoms with Crippen molar-refractivity contribution < 1.29 is 6.85 Å². The Kier molecular flexibility index (Phi) is 18.2. The number of hydrogen-bond donors (Lipinski definition) is 0. The van der Waals surface area contributed by atoms with Crippen LogP contribution in [0.25, 0.3) is 265 Å². The van der Waals surface area contributed by atoms with Gasteiger partial charge in [-0.2, -0.15) is 5.26 Å². The summed E-state index contributed by atoms with van der Waals surface area (Å²) in [6.45, 7) is 4.62. The lowest BCUT2D eigenvalue weighted by Crippen LogP contribution is -2.14. The fourth-order valence-electron chi connectivity index (χ4n) is 22.3. The van der Waals surface area contributed by atoms with Gasteiger partial charge < -0.3 is 4.57 Å². The van der Waals surface area contributed by atoms with Gasteiger partial charge in [0.15, 0.2) is 23.1 Å². The third-order valence-corrected chi connectivity index (χ3v) is 29.1. The molecule has 0 atom stereocenters. The molecule has 12 heteroatoms. The van der Waals surface area contributed by atoms with Crippen LogP contribution in [0.1, 0.15) is 37.4 Å². The Hall–Kier alpha value is -19.5. The Morgan fingerprint density at radius 1 is 0.241 bits per heavy atom. The first kappa shape index (κ1) is 78.4. The molecule has 0 saturated carbocycles. The van der Waals surface area contributed by atoms with Crippen molar-refractivity contribution in [3.63, 3.8) is 0 Å². The van der Waals surface area contributed by atoms with Crippen molar-refractivity contribution in [1.82, 2.24) is 53.2 Å². The molecule has 21 aromatic carbocycles. The second kappa shape index (κ2) is 33.7. The van der Waals surface area contributed by atoms with E-state index in [1.54, 1.807) is 18.3 Å². The first-order valence-electron chi connectivity index (χ1n) is 51.2. The van der Waals surface area contributed by atoms with Crippen LogP contribution in [0, 0.1) is 11.3 Å². The third kappa shape index (κ3) is 13.9. The van der Waals surface area contributed by atoms with Crippen LogP contribution in [0.2, 0.25) is 0 Å². The Morgan fingerprint density at radius 2 is 0.655 bits per heavy atom. The summed E-state index contributed by atoms with van der Waals surface area (Å²) in [5.41, 5.74) is 29.4. The van der Waals surface area contributed by atoms with Crippen LogP contribution < -0.4 is 0 Å². The lowest BCUT2D eigenvalue weighted by molar-refractivity contribution is 0.660. The minimum atomic E-state index is -0.427. The summed E-state index contributed by atoms with van der Waals surface area (Å²) >= 11 is 0. The fraction of sp³-hybridized carbons (Fsp3) is 0.0226. The van der Waals surface area contributed by atoms with E-state index in [4.69, 9.17) is 36.8 Å². The van der Waals surface area contributed by atoms with E-state index in [0.29, 0.717) is 39.3 Å². The molecular weight excluding hydrogens is 1770 g/mol. The molecule has 29 aromatic rings. The zero-order valence-corrected chi connectivity index (χ0v) is 78.5. The number of rotatable bonds is 10.